The van der Waals surface area contributed by atoms with Gasteiger partial charge in [0.15, 0.2) is 5.57 Å². The average molecular weight is 286 g/mol. The van der Waals surface area contributed by atoms with E-state index >= 15 is 0 Å². The molecule has 1 unspecified atom stereocenters. The first kappa shape index (κ1) is 15.6. The zero-order valence-electron chi connectivity index (χ0n) is 11.3. The lowest BCUT2D eigenvalue weighted by Crippen LogP contribution is -2.15. The molecule has 6 heteroatoms. The van der Waals surface area contributed by atoms with Crippen LogP contribution in [0.3, 0.4) is 0 Å². The number of carbonyl (C=O) groups excluding carboxylic acids is 1. The molecule has 0 spiro atoms. The zero-order chi connectivity index (χ0) is 15.2. The molecule has 1 atom stereocenters. The summed E-state index contributed by atoms with van der Waals surface area (Å²) < 4.78 is 12.4. The topological polar surface area (TPSA) is 101 Å². The molecule has 0 radical (unpaired) electrons. The molecule has 0 aliphatic heterocycles. The quantitative estimate of drug-likeness (QED) is 0.862. The smallest absolute Gasteiger partial charge is 0.239 e. The number of rotatable bonds is 3. The van der Waals surface area contributed by atoms with Crippen LogP contribution >= 0.6 is 0 Å². The Hall–Kier alpha value is -2.44. The Kier molecular flexibility index (Phi) is 5.19. The maximum Gasteiger partial charge on any atom is 0.239 e. The van der Waals surface area contributed by atoms with Crippen LogP contribution in [0.5, 0.6) is 0 Å². The number of nitrogens with zero attached hydrogens (tertiary/aromatic N) is 3. The highest BCUT2D eigenvalue weighted by atomic mass is 32.2. The summed E-state index contributed by atoms with van der Waals surface area (Å²) in [4.78, 5) is 12.4. The van der Waals surface area contributed by atoms with Crippen LogP contribution in [0, 0.1) is 27.4 Å². The summed E-state index contributed by atoms with van der Waals surface area (Å²) in [6.07, 6.45) is 0. The van der Waals surface area contributed by atoms with Crippen LogP contribution in [0.15, 0.2) is 46.0 Å². The van der Waals surface area contributed by atoms with E-state index in [1.54, 1.807) is 49.4 Å². The molecule has 0 aliphatic rings. The molecular weight excluding hydrogens is 272 g/mol. The number of carbonyl (C=O) groups is 1. The van der Waals surface area contributed by atoms with E-state index in [-0.39, 0.29) is 22.1 Å². The van der Waals surface area contributed by atoms with Gasteiger partial charge in [-0.1, -0.05) is 37.3 Å². The summed E-state index contributed by atoms with van der Waals surface area (Å²) >= 11 is 0. The third-order valence-electron chi connectivity index (χ3n) is 2.61. The molecule has 0 aliphatic carbocycles. The maximum absolute atomic E-state index is 12.4. The van der Waals surface area contributed by atoms with E-state index in [9.17, 15) is 4.79 Å². The van der Waals surface area contributed by atoms with Gasteiger partial charge in [0, 0.05) is 20.9 Å². The number of allylic oxidation sites excluding steroid dienone is 2. The van der Waals surface area contributed by atoms with Crippen molar-refractivity contribution in [2.24, 2.45) is 4.36 Å². The molecule has 1 aromatic rings. The summed E-state index contributed by atoms with van der Waals surface area (Å²) in [6.45, 7) is 3.18. The van der Waals surface area contributed by atoms with Crippen molar-refractivity contribution in [3.63, 3.8) is 0 Å². The maximum atomic E-state index is 12.4. The second kappa shape index (κ2) is 6.65. The fourth-order valence-corrected chi connectivity index (χ4v) is 3.03. The van der Waals surface area contributed by atoms with Gasteiger partial charge in [0.25, 0.3) is 0 Å². The lowest BCUT2D eigenvalue weighted by molar-refractivity contribution is 0.108. The number of hydrogen-bond donors (Lipinski definition) is 1. The van der Waals surface area contributed by atoms with E-state index in [0.717, 1.165) is 0 Å². The first-order chi connectivity index (χ1) is 9.48. The van der Waals surface area contributed by atoms with Crippen molar-refractivity contribution in [1.82, 2.24) is 0 Å². The molecule has 0 saturated heterocycles. The van der Waals surface area contributed by atoms with Gasteiger partial charge in [0.05, 0.1) is 5.70 Å². The SMILES string of the molecule is CCS(=N)(=NC(C)=C(C#N)C#N)C(=O)c1ccccc1. The van der Waals surface area contributed by atoms with E-state index < -0.39 is 9.62 Å². The normalized spacial score (nSPS) is 12.4. The summed E-state index contributed by atoms with van der Waals surface area (Å²) in [6, 6.07) is 11.9. The van der Waals surface area contributed by atoms with Gasteiger partial charge >= 0.3 is 0 Å². The fourth-order valence-electron chi connectivity index (χ4n) is 1.47. The van der Waals surface area contributed by atoms with Gasteiger partial charge in [-0.25, -0.2) is 4.36 Å². The zero-order valence-corrected chi connectivity index (χ0v) is 12.1. The van der Waals surface area contributed by atoms with Crippen LogP contribution in [0.2, 0.25) is 0 Å². The van der Waals surface area contributed by atoms with Crippen molar-refractivity contribution in [2.75, 3.05) is 5.75 Å². The highest BCUT2D eigenvalue weighted by Crippen LogP contribution is 2.15. The third-order valence-corrected chi connectivity index (χ3v) is 4.88. The second-order valence-electron chi connectivity index (χ2n) is 3.92. The van der Waals surface area contributed by atoms with E-state index in [0.29, 0.717) is 5.56 Å². The van der Waals surface area contributed by atoms with Gasteiger partial charge in [-0.2, -0.15) is 10.5 Å². The average Bonchev–Trinajstić information content (AvgIpc) is 2.48. The molecule has 0 aromatic heterocycles. The van der Waals surface area contributed by atoms with E-state index in [4.69, 9.17) is 15.3 Å². The van der Waals surface area contributed by atoms with Gasteiger partial charge in [-0.15, -0.1) is 0 Å². The van der Waals surface area contributed by atoms with Gasteiger partial charge < -0.3 is 0 Å². The van der Waals surface area contributed by atoms with Gasteiger partial charge in [0.2, 0.25) is 5.12 Å². The van der Waals surface area contributed by atoms with E-state index in [1.165, 1.54) is 6.92 Å². The summed E-state index contributed by atoms with van der Waals surface area (Å²) in [5.74, 6) is 0.238. The Balaban J connectivity index is 3.42. The van der Waals surface area contributed by atoms with Gasteiger partial charge in [-0.3, -0.25) is 9.57 Å². The first-order valence-electron chi connectivity index (χ1n) is 5.87. The van der Waals surface area contributed by atoms with Crippen molar-refractivity contribution in [2.45, 2.75) is 13.8 Å². The van der Waals surface area contributed by atoms with Crippen LogP contribution in [0.25, 0.3) is 0 Å². The molecule has 1 aromatic carbocycles. The molecule has 0 amide bonds. The predicted octanol–water partition coefficient (Wildman–Crippen LogP) is 3.27. The van der Waals surface area contributed by atoms with Crippen molar-refractivity contribution >= 4 is 14.7 Å². The largest absolute Gasteiger partial charge is 0.280 e. The van der Waals surface area contributed by atoms with Crippen LogP contribution in [-0.2, 0) is 9.62 Å². The molecule has 0 saturated carbocycles. The van der Waals surface area contributed by atoms with Crippen LogP contribution in [-0.4, -0.2) is 10.9 Å². The number of benzene rings is 1. The number of nitrogens with one attached hydrogen (secondary N) is 1. The molecule has 1 rings (SSSR count). The molecule has 5 nitrogen and oxygen atoms in total. The second-order valence-corrected chi connectivity index (χ2v) is 6.46. The lowest BCUT2D eigenvalue weighted by atomic mass is 10.2. The Bertz CT molecular complexity index is 726. The predicted molar refractivity (Wildman–Crippen MR) is 77.8 cm³/mol. The molecule has 1 N–H and O–H groups in total. The molecular formula is C14H14N4OS. The van der Waals surface area contributed by atoms with E-state index in [2.05, 4.69) is 4.36 Å². The van der Waals surface area contributed by atoms with Crippen molar-refractivity contribution in [1.29, 1.82) is 15.3 Å². The first-order valence-corrected chi connectivity index (χ1v) is 7.63. The Labute approximate surface area is 118 Å². The highest BCUT2D eigenvalue weighted by molar-refractivity contribution is 8.09. The van der Waals surface area contributed by atoms with E-state index in [1.807, 2.05) is 0 Å². The summed E-state index contributed by atoms with van der Waals surface area (Å²) in [5, 5.41) is 17.2. The molecule has 0 heterocycles. The summed E-state index contributed by atoms with van der Waals surface area (Å²) in [7, 11) is -2.70. The standard InChI is InChI=1S/C14H14N4OS/c1-3-20(17,18-11(2)13(9-15)10-16)14(19)12-7-5-4-6-8-12/h4-8,17H,3H2,1-2H3. The monoisotopic (exact) mass is 286 g/mol. The van der Waals surface area contributed by atoms with Crippen molar-refractivity contribution < 1.29 is 4.79 Å². The van der Waals surface area contributed by atoms with Crippen molar-refractivity contribution in [3.05, 3.63) is 47.2 Å². The van der Waals surface area contributed by atoms with Crippen LogP contribution < -0.4 is 0 Å². The number of nitriles is 2. The minimum Gasteiger partial charge on any atom is -0.280 e. The minimum absolute atomic E-state index is 0.145. The lowest BCUT2D eigenvalue weighted by Gasteiger charge is -2.10. The number of hydrogen-bond acceptors (Lipinski definition) is 5. The Morgan fingerprint density at radius 3 is 2.30 bits per heavy atom. The highest BCUT2D eigenvalue weighted by Gasteiger charge is 2.17. The fraction of sp³-hybridized carbons (Fsp3) is 0.214. The minimum atomic E-state index is -2.70. The summed E-state index contributed by atoms with van der Waals surface area (Å²) in [5.41, 5.74) is 0.404. The van der Waals surface area contributed by atoms with Crippen molar-refractivity contribution in [3.8, 4) is 12.1 Å². The van der Waals surface area contributed by atoms with Crippen LogP contribution in [0.4, 0.5) is 0 Å². The van der Waals surface area contributed by atoms with Gasteiger partial charge in [0.1, 0.15) is 12.1 Å². The molecule has 0 fully saturated rings. The van der Waals surface area contributed by atoms with Gasteiger partial charge in [-0.05, 0) is 6.92 Å². The Morgan fingerprint density at radius 1 is 1.30 bits per heavy atom. The molecule has 0 bridgehead atoms. The Morgan fingerprint density at radius 2 is 1.85 bits per heavy atom. The van der Waals surface area contributed by atoms with Crippen LogP contribution in [0.1, 0.15) is 24.2 Å². The molecule has 20 heavy (non-hydrogen) atoms. The molecule has 102 valence electrons. The third kappa shape index (κ3) is 3.31.